The van der Waals surface area contributed by atoms with Gasteiger partial charge in [-0.1, -0.05) is 110 Å². The van der Waals surface area contributed by atoms with E-state index in [1.165, 1.54) is 96.0 Å². The first-order chi connectivity index (χ1) is 16.9. The number of allylic oxidation sites excluding steroid dienone is 1. The Morgan fingerprint density at radius 1 is 0.657 bits per heavy atom. The quantitative estimate of drug-likeness (QED) is 0.0402. The van der Waals surface area contributed by atoms with Gasteiger partial charge in [-0.15, -0.1) is 0 Å². The minimum atomic E-state index is -2.33. The van der Waals surface area contributed by atoms with Gasteiger partial charge in [0.2, 0.25) is 0 Å². The zero-order valence-corrected chi connectivity index (χ0v) is 25.2. The molecule has 0 aliphatic rings. The van der Waals surface area contributed by atoms with Gasteiger partial charge in [0.1, 0.15) is 0 Å². The number of ether oxygens (including phenoxy) is 1. The Labute approximate surface area is 223 Å². The van der Waals surface area contributed by atoms with Crippen LogP contribution in [-0.4, -0.2) is 39.9 Å². The van der Waals surface area contributed by atoms with Crippen molar-refractivity contribution in [2.75, 3.05) is 6.61 Å². The summed E-state index contributed by atoms with van der Waals surface area (Å²) in [6.07, 6.45) is 23.4. The molecule has 0 aromatic heterocycles. The third kappa shape index (κ3) is 24.9. The van der Waals surface area contributed by atoms with Crippen LogP contribution in [0.5, 0.6) is 0 Å². The number of hydrogen-bond acceptors (Lipinski definition) is 5. The lowest BCUT2D eigenvalue weighted by Crippen LogP contribution is -2.32. The summed E-state index contributed by atoms with van der Waals surface area (Å²) in [6.45, 7) is 12.5. The maximum absolute atomic E-state index is 12.2. The van der Waals surface area contributed by atoms with Gasteiger partial charge in [0, 0.05) is 12.2 Å². The molecule has 0 saturated carbocycles. The largest absolute Gasteiger partial charge is 1.00 e. The van der Waals surface area contributed by atoms with Crippen LogP contribution in [0.3, 0.4) is 0 Å². The smallest absolute Gasteiger partial charge is 0.602 e. The Morgan fingerprint density at radius 2 is 1.06 bits per heavy atom. The molecule has 0 atom stereocenters. The van der Waals surface area contributed by atoms with Crippen molar-refractivity contribution in [2.45, 2.75) is 163 Å². The van der Waals surface area contributed by atoms with Crippen LogP contribution in [0.15, 0.2) is 11.8 Å². The van der Waals surface area contributed by atoms with E-state index in [2.05, 4.69) is 6.92 Å². The fourth-order valence-corrected chi connectivity index (χ4v) is 5.42. The Bertz CT molecular complexity index is 497. The molecule has 0 rings (SSSR count). The minimum Gasteiger partial charge on any atom is -0.602 e. The first kappa shape index (κ1) is 34.5. The Hall–Kier alpha value is -0.538. The molecule has 35 heavy (non-hydrogen) atoms. The van der Waals surface area contributed by atoms with Gasteiger partial charge < -0.3 is 16.1 Å². The second-order valence-corrected chi connectivity index (χ2v) is 11.6. The van der Waals surface area contributed by atoms with Gasteiger partial charge in [-0.05, 0) is 40.5 Å². The molecule has 0 N–H and O–H groups in total. The number of unbranched alkanes of at least 4 members (excludes halogenated alkanes) is 15. The molecule has 0 fully saturated rings. The highest BCUT2D eigenvalue weighted by atomic mass is 27.3. The van der Waals surface area contributed by atoms with Crippen LogP contribution in [0.25, 0.3) is 0 Å². The summed E-state index contributed by atoms with van der Waals surface area (Å²) in [5, 5.41) is 0. The van der Waals surface area contributed by atoms with Gasteiger partial charge in [-0.25, -0.2) is 4.79 Å². The van der Waals surface area contributed by atoms with Crippen molar-refractivity contribution < 1.29 is 20.9 Å². The standard InChI is InChI=1S/C23H44O3.2C3H7O.Al/c1-3-5-6-7-8-9-10-11-12-13-14-15-16-17-18-19-20-26-23(25)21-22(24)4-2;2*1-3(2)4;/h21,24H,3-20H2,1-2H3;2*3H,1-2H3;/q;2*-1;+3/p-1/b22-21-;;;. The second-order valence-electron chi connectivity index (χ2n) is 10.2. The topological polar surface area (TPSA) is 54.0 Å². The molecule has 0 amide bonds. The molecular formula is C29H57AlO5. The van der Waals surface area contributed by atoms with Crippen molar-refractivity contribution in [2.24, 2.45) is 0 Å². The molecule has 206 valence electrons. The van der Waals surface area contributed by atoms with Crippen molar-refractivity contribution in [1.82, 2.24) is 0 Å². The third-order valence-electron chi connectivity index (χ3n) is 5.88. The molecule has 0 aromatic carbocycles. The van der Waals surface area contributed by atoms with E-state index in [0.717, 1.165) is 12.8 Å². The lowest BCUT2D eigenvalue weighted by Gasteiger charge is -2.20. The van der Waals surface area contributed by atoms with Crippen LogP contribution in [0, 0.1) is 0 Å². The molecule has 6 heteroatoms. The summed E-state index contributed by atoms with van der Waals surface area (Å²) in [5.41, 5.74) is 0. The third-order valence-corrected chi connectivity index (χ3v) is 7.91. The highest BCUT2D eigenvalue weighted by molar-refractivity contribution is 6.37. The predicted octanol–water partition coefficient (Wildman–Crippen LogP) is 8.94. The van der Waals surface area contributed by atoms with E-state index in [-0.39, 0.29) is 18.2 Å². The fraction of sp³-hybridized carbons (Fsp3) is 0.897. The summed E-state index contributed by atoms with van der Waals surface area (Å²) in [5.74, 6) is 0.226. The van der Waals surface area contributed by atoms with Crippen LogP contribution >= 0.6 is 0 Å². The van der Waals surface area contributed by atoms with Crippen molar-refractivity contribution in [3.05, 3.63) is 11.8 Å². The molecule has 5 nitrogen and oxygen atoms in total. The summed E-state index contributed by atoms with van der Waals surface area (Å²) in [7, 11) is 0. The predicted molar refractivity (Wildman–Crippen MR) is 148 cm³/mol. The van der Waals surface area contributed by atoms with Crippen LogP contribution in [0.4, 0.5) is 0 Å². The van der Waals surface area contributed by atoms with E-state index in [1.54, 1.807) is 0 Å². The highest BCUT2D eigenvalue weighted by Gasteiger charge is 2.37. The van der Waals surface area contributed by atoms with Crippen LogP contribution in [0.2, 0.25) is 0 Å². The number of esters is 1. The van der Waals surface area contributed by atoms with Crippen molar-refractivity contribution in [3.8, 4) is 0 Å². The van der Waals surface area contributed by atoms with Crippen LogP contribution in [0.1, 0.15) is 151 Å². The summed E-state index contributed by atoms with van der Waals surface area (Å²) in [6, 6.07) is 0. The van der Waals surface area contributed by atoms with Gasteiger partial charge >= 0.3 is 21.1 Å². The first-order valence-electron chi connectivity index (χ1n) is 14.7. The van der Waals surface area contributed by atoms with Gasteiger partial charge in [-0.2, -0.15) is 0 Å². The lowest BCUT2D eigenvalue weighted by atomic mass is 10.0. The Balaban J connectivity index is 3.72. The number of carbonyl (C=O) groups excluding carboxylic acids is 1. The zero-order chi connectivity index (χ0) is 26.2. The van der Waals surface area contributed by atoms with Gasteiger partial charge in [0.15, 0.2) is 0 Å². The molecule has 0 radical (unpaired) electrons. The van der Waals surface area contributed by atoms with Crippen molar-refractivity contribution in [1.29, 1.82) is 0 Å². The van der Waals surface area contributed by atoms with Crippen LogP contribution in [-0.2, 0) is 20.9 Å². The molecule has 0 spiro atoms. The Kier molecular flexibility index (Phi) is 24.7. The molecule has 0 aliphatic heterocycles. The maximum atomic E-state index is 12.2. The average molecular weight is 513 g/mol. The highest BCUT2D eigenvalue weighted by Crippen LogP contribution is 2.14. The second kappa shape index (κ2) is 25.1. The number of hydrogen-bond donors (Lipinski definition) is 0. The SMILES string of the molecule is CCCCCCCCCCCCCCCCCCOC(=O)/C=C(/CC)[O][Al]([O]C(C)C)[O]C(C)C. The van der Waals surface area contributed by atoms with Gasteiger partial charge in [0.05, 0.1) is 18.4 Å². The molecule has 0 bridgehead atoms. The van der Waals surface area contributed by atoms with E-state index in [0.29, 0.717) is 18.8 Å². The van der Waals surface area contributed by atoms with E-state index in [9.17, 15) is 4.79 Å². The molecule has 0 heterocycles. The molecule has 0 aliphatic carbocycles. The first-order valence-corrected chi connectivity index (χ1v) is 16.1. The summed E-state index contributed by atoms with van der Waals surface area (Å²) >= 11 is -2.33. The number of rotatable bonds is 25. The maximum Gasteiger partial charge on any atom is 1.00 e. The van der Waals surface area contributed by atoms with Gasteiger partial charge in [-0.3, -0.25) is 0 Å². The Morgan fingerprint density at radius 3 is 1.43 bits per heavy atom. The van der Waals surface area contributed by atoms with E-state index < -0.39 is 15.1 Å². The monoisotopic (exact) mass is 512 g/mol. The molecule has 0 saturated heterocycles. The van der Waals surface area contributed by atoms with Crippen molar-refractivity contribution in [3.63, 3.8) is 0 Å². The molecular weight excluding hydrogens is 455 g/mol. The summed E-state index contributed by atoms with van der Waals surface area (Å²) in [4.78, 5) is 12.2. The lowest BCUT2D eigenvalue weighted by molar-refractivity contribution is -0.138. The van der Waals surface area contributed by atoms with Crippen molar-refractivity contribution >= 4 is 21.1 Å². The number of carbonyl (C=O) groups is 1. The normalized spacial score (nSPS) is 11.9. The van der Waals surface area contributed by atoms with E-state index in [4.69, 9.17) is 16.1 Å². The fourth-order valence-electron chi connectivity index (χ4n) is 3.87. The molecule has 0 aromatic rings. The van der Waals surface area contributed by atoms with E-state index >= 15 is 0 Å². The minimum absolute atomic E-state index is 0.0189. The molecule has 0 unspecified atom stereocenters. The van der Waals surface area contributed by atoms with E-state index in [1.807, 2.05) is 34.6 Å². The average Bonchev–Trinajstić information content (AvgIpc) is 2.79. The summed E-state index contributed by atoms with van der Waals surface area (Å²) < 4.78 is 22.8. The van der Waals surface area contributed by atoms with Gasteiger partial charge in [0.25, 0.3) is 0 Å². The zero-order valence-electron chi connectivity index (χ0n) is 24.1. The van der Waals surface area contributed by atoms with Crippen LogP contribution < -0.4 is 0 Å².